The fourth-order valence-corrected chi connectivity index (χ4v) is 2.41. The lowest BCUT2D eigenvalue weighted by molar-refractivity contribution is -0.137. The quantitative estimate of drug-likeness (QED) is 0.674. The maximum atomic E-state index is 11.9. The van der Waals surface area contributed by atoms with Crippen LogP contribution in [0.3, 0.4) is 0 Å². The Hall–Kier alpha value is -0.970. The Bertz CT molecular complexity index is 304. The van der Waals surface area contributed by atoms with Crippen LogP contribution in [0.15, 0.2) is 12.2 Å². The number of hydrogen-bond acceptors (Lipinski definition) is 3. The van der Waals surface area contributed by atoms with Gasteiger partial charge in [0.2, 0.25) is 11.8 Å². The van der Waals surface area contributed by atoms with Gasteiger partial charge in [-0.3, -0.25) is 9.59 Å². The fraction of sp³-hybridized carbons (Fsp3) is 0.636. The molecule has 1 rings (SSSR count). The van der Waals surface area contributed by atoms with Crippen LogP contribution in [0.5, 0.6) is 0 Å². The summed E-state index contributed by atoms with van der Waals surface area (Å²) in [5.41, 5.74) is 0.956. The zero-order valence-corrected chi connectivity index (χ0v) is 10.7. The molecule has 1 heterocycles. The zero-order chi connectivity index (χ0) is 12.1. The number of carbonyl (C=O) groups excluding carboxylic acids is 2. The molecule has 0 aromatic rings. The summed E-state index contributed by atoms with van der Waals surface area (Å²) in [7, 11) is 0. The van der Waals surface area contributed by atoms with Crippen molar-refractivity contribution in [3.8, 4) is 0 Å². The average molecular weight is 242 g/mol. The Kier molecular flexibility index (Phi) is 4.86. The number of nitrogens with zero attached hydrogens (tertiary/aromatic N) is 2. The van der Waals surface area contributed by atoms with E-state index in [0.29, 0.717) is 24.7 Å². The average Bonchev–Trinajstić information content (AvgIpc) is 2.60. The highest BCUT2D eigenvalue weighted by Crippen LogP contribution is 2.14. The minimum absolute atomic E-state index is 0.00125. The van der Waals surface area contributed by atoms with Crippen LogP contribution in [0.4, 0.5) is 0 Å². The molecule has 0 aromatic heterocycles. The predicted molar refractivity (Wildman–Crippen MR) is 66.1 cm³/mol. The predicted octanol–water partition coefficient (Wildman–Crippen LogP) is 0.944. The summed E-state index contributed by atoms with van der Waals surface area (Å²) in [6.07, 6.45) is 0. The summed E-state index contributed by atoms with van der Waals surface area (Å²) < 4.78 is 0. The molecule has 0 bridgehead atoms. The van der Waals surface area contributed by atoms with Crippen LogP contribution in [0, 0.1) is 0 Å². The van der Waals surface area contributed by atoms with Crippen molar-refractivity contribution >= 4 is 23.6 Å². The van der Waals surface area contributed by atoms with Gasteiger partial charge in [-0.25, -0.2) is 0 Å². The lowest BCUT2D eigenvalue weighted by Gasteiger charge is -2.23. The second-order valence-electron chi connectivity index (χ2n) is 3.93. The summed E-state index contributed by atoms with van der Waals surface area (Å²) in [6.45, 7) is 9.05. The number of amides is 2. The van der Waals surface area contributed by atoms with Crippen molar-refractivity contribution in [3.05, 3.63) is 12.2 Å². The summed E-state index contributed by atoms with van der Waals surface area (Å²) in [4.78, 5) is 26.6. The van der Waals surface area contributed by atoms with Crippen molar-refractivity contribution in [2.24, 2.45) is 0 Å². The minimum Gasteiger partial charge on any atom is -0.337 e. The lowest BCUT2D eigenvalue weighted by atomic mass is 10.3. The van der Waals surface area contributed by atoms with Crippen molar-refractivity contribution in [1.82, 2.24) is 9.80 Å². The number of hydrogen-bond donors (Lipinski definition) is 0. The number of carbonyl (C=O) groups is 2. The second kappa shape index (κ2) is 5.94. The van der Waals surface area contributed by atoms with Crippen molar-refractivity contribution in [1.29, 1.82) is 0 Å². The third kappa shape index (κ3) is 3.56. The Morgan fingerprint density at radius 2 is 2.31 bits per heavy atom. The first-order valence-electron chi connectivity index (χ1n) is 5.32. The largest absolute Gasteiger partial charge is 0.337 e. The third-order valence-corrected chi connectivity index (χ3v) is 3.29. The van der Waals surface area contributed by atoms with E-state index in [2.05, 4.69) is 6.58 Å². The molecule has 0 unspecified atom stereocenters. The molecule has 16 heavy (non-hydrogen) atoms. The molecule has 1 aliphatic rings. The van der Waals surface area contributed by atoms with E-state index in [9.17, 15) is 9.59 Å². The van der Waals surface area contributed by atoms with Gasteiger partial charge in [-0.05, 0) is 13.8 Å². The van der Waals surface area contributed by atoms with Crippen LogP contribution in [0.2, 0.25) is 0 Å². The molecule has 90 valence electrons. The zero-order valence-electron chi connectivity index (χ0n) is 9.86. The normalized spacial score (nSPS) is 15.4. The molecule has 0 saturated carbocycles. The Morgan fingerprint density at radius 3 is 2.75 bits per heavy atom. The van der Waals surface area contributed by atoms with Crippen LogP contribution in [0.25, 0.3) is 0 Å². The Balaban J connectivity index is 2.48. The molecule has 2 amide bonds. The first kappa shape index (κ1) is 13.1. The molecule has 1 fully saturated rings. The summed E-state index contributed by atoms with van der Waals surface area (Å²) in [6, 6.07) is 0. The van der Waals surface area contributed by atoms with E-state index in [4.69, 9.17) is 0 Å². The smallest absolute Gasteiger partial charge is 0.242 e. The maximum absolute atomic E-state index is 11.9. The number of rotatable bonds is 5. The van der Waals surface area contributed by atoms with Gasteiger partial charge in [0, 0.05) is 13.1 Å². The van der Waals surface area contributed by atoms with E-state index < -0.39 is 0 Å². The third-order valence-electron chi connectivity index (χ3n) is 2.35. The maximum Gasteiger partial charge on any atom is 0.242 e. The minimum atomic E-state index is 0.00125. The number of likely N-dealkylation sites (N-methyl/N-ethyl adjacent to an activating group) is 1. The molecular formula is C11H18N2O2S. The molecule has 0 radical (unpaired) electrons. The van der Waals surface area contributed by atoms with Crippen LogP contribution in [0.1, 0.15) is 13.8 Å². The van der Waals surface area contributed by atoms with Gasteiger partial charge in [0.1, 0.15) is 6.54 Å². The summed E-state index contributed by atoms with van der Waals surface area (Å²) >= 11 is 1.55. The summed E-state index contributed by atoms with van der Waals surface area (Å²) in [5, 5.41) is 0. The van der Waals surface area contributed by atoms with Gasteiger partial charge < -0.3 is 9.80 Å². The molecule has 0 aromatic carbocycles. The van der Waals surface area contributed by atoms with Gasteiger partial charge in [0.05, 0.1) is 11.6 Å². The van der Waals surface area contributed by atoms with Crippen LogP contribution >= 0.6 is 11.8 Å². The molecule has 1 aliphatic heterocycles. The lowest BCUT2D eigenvalue weighted by Crippen LogP contribution is -2.41. The molecule has 0 aliphatic carbocycles. The second-order valence-corrected chi connectivity index (χ2v) is 4.89. The first-order chi connectivity index (χ1) is 7.54. The molecular weight excluding hydrogens is 224 g/mol. The monoisotopic (exact) mass is 242 g/mol. The van der Waals surface area contributed by atoms with Gasteiger partial charge in [-0.15, -0.1) is 11.8 Å². The Labute approximate surface area is 101 Å². The van der Waals surface area contributed by atoms with Crippen LogP contribution < -0.4 is 0 Å². The van der Waals surface area contributed by atoms with E-state index in [1.54, 1.807) is 21.6 Å². The molecule has 0 atom stereocenters. The van der Waals surface area contributed by atoms with Gasteiger partial charge in [-0.2, -0.15) is 0 Å². The van der Waals surface area contributed by atoms with E-state index in [-0.39, 0.29) is 18.4 Å². The van der Waals surface area contributed by atoms with Crippen molar-refractivity contribution in [2.75, 3.05) is 31.3 Å². The molecule has 1 saturated heterocycles. The highest BCUT2D eigenvalue weighted by molar-refractivity contribution is 8.00. The Morgan fingerprint density at radius 1 is 1.62 bits per heavy atom. The van der Waals surface area contributed by atoms with Gasteiger partial charge >= 0.3 is 0 Å². The molecule has 4 nitrogen and oxygen atoms in total. The fourth-order valence-electron chi connectivity index (χ4n) is 1.51. The number of thioether (sulfide) groups is 1. The summed E-state index contributed by atoms with van der Waals surface area (Å²) in [5.74, 6) is 1.20. The van der Waals surface area contributed by atoms with Crippen LogP contribution in [-0.4, -0.2) is 52.9 Å². The van der Waals surface area contributed by atoms with Gasteiger partial charge in [0.25, 0.3) is 0 Å². The topological polar surface area (TPSA) is 40.6 Å². The van der Waals surface area contributed by atoms with E-state index >= 15 is 0 Å². The van der Waals surface area contributed by atoms with Crippen molar-refractivity contribution in [3.63, 3.8) is 0 Å². The van der Waals surface area contributed by atoms with E-state index in [1.807, 2.05) is 13.8 Å². The van der Waals surface area contributed by atoms with Gasteiger partial charge in [-0.1, -0.05) is 12.2 Å². The van der Waals surface area contributed by atoms with Crippen molar-refractivity contribution < 1.29 is 9.59 Å². The van der Waals surface area contributed by atoms with Crippen LogP contribution in [-0.2, 0) is 9.59 Å². The highest BCUT2D eigenvalue weighted by Gasteiger charge is 2.24. The molecule has 0 spiro atoms. The van der Waals surface area contributed by atoms with E-state index in [1.165, 1.54) is 0 Å². The standard InChI is InChI=1S/C11H18N2O2S/c1-4-12(5-9(2)3)10(14)6-13-8-16-7-11(13)15/h2,4-8H2,1,3H3. The van der Waals surface area contributed by atoms with Gasteiger partial charge in [0.15, 0.2) is 0 Å². The SMILES string of the molecule is C=C(C)CN(CC)C(=O)CN1CSCC1=O. The van der Waals surface area contributed by atoms with E-state index in [0.717, 1.165) is 5.57 Å². The first-order valence-corrected chi connectivity index (χ1v) is 6.47. The highest BCUT2D eigenvalue weighted by atomic mass is 32.2. The molecule has 5 heteroatoms. The van der Waals surface area contributed by atoms with Crippen molar-refractivity contribution in [2.45, 2.75) is 13.8 Å². The molecule has 0 N–H and O–H groups in total.